The Balaban J connectivity index is 1.95. The van der Waals surface area contributed by atoms with Gasteiger partial charge >= 0.3 is 482 Å². The molecule has 0 saturated heterocycles. The molecule has 0 radical (unpaired) electrons. The molecule has 6 aromatic carbocycles. The minimum atomic E-state index is -7.94. The Kier molecular flexibility index (Phi) is 17.0. The molecule has 2 atom stereocenters. The molecule has 0 aliphatic heterocycles. The Labute approximate surface area is 478 Å². The number of rotatable bonds is 16. The van der Waals surface area contributed by atoms with E-state index in [4.69, 9.17) is 0 Å². The third-order valence-corrected chi connectivity index (χ3v) is 45.1. The van der Waals surface area contributed by atoms with E-state index in [0.29, 0.717) is 83.5 Å². The Bertz CT molecular complexity index is 3370. The Morgan fingerprint density at radius 3 is 0.725 bits per heavy atom. The van der Waals surface area contributed by atoms with E-state index in [9.17, 15) is 9.90 Å². The van der Waals surface area contributed by atoms with Crippen LogP contribution in [0.5, 0.6) is 0 Å². The second-order valence-corrected chi connectivity index (χ2v) is 43.9. The van der Waals surface area contributed by atoms with Crippen molar-refractivity contribution in [3.8, 4) is 0 Å². The monoisotopic (exact) mass is 1290 g/mol. The molecule has 0 amide bonds. The van der Waals surface area contributed by atoms with E-state index in [2.05, 4.69) is 0 Å². The van der Waals surface area contributed by atoms with Crippen molar-refractivity contribution in [2.45, 2.75) is 132 Å². The zero-order chi connectivity index (χ0) is 59.7. The summed E-state index contributed by atoms with van der Waals surface area (Å²) in [6.45, 7) is 30.5. The van der Waals surface area contributed by atoms with Crippen LogP contribution in [0.4, 0.5) is 0 Å². The fraction of sp³-hybridized carbons (Fsp3) is 0.294. The van der Waals surface area contributed by atoms with Crippen molar-refractivity contribution >= 4 is 71.5 Å². The first-order valence-electron chi connectivity index (χ1n) is 26.8. The first-order chi connectivity index (χ1) is 37.2. The number of aryl methyl sites for hydroxylation is 18. The number of hydrogen-bond acceptors (Lipinski definition) is 10. The van der Waals surface area contributed by atoms with Gasteiger partial charge in [0.1, 0.15) is 0 Å². The molecule has 0 N–H and O–H groups in total. The molecular weight excluding hydrogens is 1210 g/mol. The van der Waals surface area contributed by atoms with E-state index < -0.39 is 84.4 Å². The fourth-order valence-corrected chi connectivity index (χ4v) is 52.0. The SMILES string of the molecule is Cc1cc(C)c([C](=O)[Sn]([C](=O)c2c(C)cc(C)cc2C)([C](=O)c2c(C)cc(C)cc2C)[CH]2C=C(C(=O)[O-])C=C[C]2(C(=O)[O-])[Sn]([C](=O)c2c(C)cc(C)cc2C)([C](=O)c2c(C)cc(C)cc2C)[C](=O)c2c(C)cc(C)cc2C)c(C)c1. The van der Waals surface area contributed by atoms with Crippen LogP contribution in [0, 0.1) is 125 Å². The van der Waals surface area contributed by atoms with E-state index in [0.717, 1.165) is 34.9 Å². The van der Waals surface area contributed by atoms with Gasteiger partial charge in [-0.1, -0.05) is 0 Å². The van der Waals surface area contributed by atoms with Crippen LogP contribution in [-0.4, -0.2) is 71.5 Å². The molecular formula is C68H70O10Sn2-2. The number of aliphatic carboxylic acids is 2. The normalized spacial score (nSPS) is 15.3. The molecule has 0 fully saturated rings. The van der Waals surface area contributed by atoms with Crippen LogP contribution in [0.2, 0.25) is 7.36 Å². The van der Waals surface area contributed by atoms with E-state index in [1.165, 1.54) is 0 Å². The van der Waals surface area contributed by atoms with Crippen LogP contribution < -0.4 is 10.2 Å². The Morgan fingerprint density at radius 2 is 0.537 bits per heavy atom. The number of benzene rings is 6. The van der Waals surface area contributed by atoms with Crippen molar-refractivity contribution in [2.24, 2.45) is 0 Å². The van der Waals surface area contributed by atoms with Gasteiger partial charge in [-0.05, 0) is 0 Å². The molecule has 0 spiro atoms. The Hall–Kier alpha value is -6.64. The summed E-state index contributed by atoms with van der Waals surface area (Å²) >= 11 is -15.6. The second kappa shape index (κ2) is 22.4. The van der Waals surface area contributed by atoms with Crippen molar-refractivity contribution in [1.82, 2.24) is 0 Å². The van der Waals surface area contributed by atoms with Gasteiger partial charge in [0.2, 0.25) is 0 Å². The maximum atomic E-state index is 17.6. The molecule has 6 aromatic rings. The molecule has 80 heavy (non-hydrogen) atoms. The quantitative estimate of drug-likeness (QED) is 0.0845. The fourth-order valence-electron chi connectivity index (χ4n) is 14.0. The van der Waals surface area contributed by atoms with E-state index in [1.54, 1.807) is 177 Å². The maximum absolute atomic E-state index is 17.6. The molecule has 412 valence electrons. The zero-order valence-electron chi connectivity index (χ0n) is 49.3. The van der Waals surface area contributed by atoms with Gasteiger partial charge < -0.3 is 0 Å². The van der Waals surface area contributed by atoms with Gasteiger partial charge in [-0.25, -0.2) is 0 Å². The van der Waals surface area contributed by atoms with Gasteiger partial charge in [0.15, 0.2) is 0 Å². The number of hydrogen-bond donors (Lipinski definition) is 0. The topological polar surface area (TPSA) is 183 Å². The van der Waals surface area contributed by atoms with Crippen molar-refractivity contribution in [2.75, 3.05) is 0 Å². The molecule has 10 nitrogen and oxygen atoms in total. The summed E-state index contributed by atoms with van der Waals surface area (Å²) in [5.41, 5.74) is 6.83. The van der Waals surface area contributed by atoms with Crippen LogP contribution >= 0.6 is 0 Å². The average Bonchev–Trinajstić information content (AvgIpc) is 3.30. The molecule has 1 aliphatic rings. The third-order valence-electron chi connectivity index (χ3n) is 16.5. The van der Waals surface area contributed by atoms with Crippen molar-refractivity contribution in [3.63, 3.8) is 0 Å². The molecule has 0 aromatic heterocycles. The van der Waals surface area contributed by atoms with Crippen LogP contribution in [0.1, 0.15) is 162 Å². The molecule has 2 unspecified atom stereocenters. The first kappa shape index (κ1) is 61.0. The third kappa shape index (κ3) is 9.75. The van der Waals surface area contributed by atoms with Gasteiger partial charge in [0.05, 0.1) is 0 Å². The Morgan fingerprint density at radius 1 is 0.338 bits per heavy atom. The zero-order valence-corrected chi connectivity index (χ0v) is 55.0. The number of allylic oxidation sites excluding steroid dienone is 1. The molecule has 0 heterocycles. The van der Waals surface area contributed by atoms with Gasteiger partial charge in [-0.15, -0.1) is 0 Å². The number of carboxylic acid groups (broad SMARTS) is 2. The molecule has 0 saturated carbocycles. The van der Waals surface area contributed by atoms with Crippen LogP contribution in [0.15, 0.2) is 96.6 Å². The molecule has 1 aliphatic carbocycles. The number of carbonyl (C=O) groups excluding carboxylic acids is 8. The molecule has 12 heteroatoms. The van der Waals surface area contributed by atoms with Gasteiger partial charge in [-0.3, -0.25) is 0 Å². The predicted octanol–water partition coefficient (Wildman–Crippen LogP) is 11.1. The summed E-state index contributed by atoms with van der Waals surface area (Å²) in [5.74, 6) is -4.06. The van der Waals surface area contributed by atoms with Crippen LogP contribution in [-0.2, 0) is 9.59 Å². The number of carboxylic acids is 2. The summed E-state index contributed by atoms with van der Waals surface area (Å²) in [5, 5.41) is 30.1. The van der Waals surface area contributed by atoms with E-state index in [-0.39, 0.29) is 33.4 Å². The molecule has 0 bridgehead atoms. The standard InChI is InChI=1S/6C10H11O.C8H6O4.2Sn/c6*1-7-4-8(2)10(6-11)9(3)5-7;9-7(10)5-1-2-6(4-3-5)8(11)12;;/h6*4-5H,1-3H3;1-4H,(H,9,10)(H,11,12);;/p-2. The molecule has 7 rings (SSSR count). The van der Waals surface area contributed by atoms with E-state index >= 15 is 38.7 Å². The van der Waals surface area contributed by atoms with Gasteiger partial charge in [0.25, 0.3) is 0 Å². The first-order valence-corrected chi connectivity index (χ1v) is 38.5. The van der Waals surface area contributed by atoms with Crippen molar-refractivity contribution < 1.29 is 48.6 Å². The van der Waals surface area contributed by atoms with Crippen LogP contribution in [0.3, 0.4) is 0 Å². The second-order valence-electron chi connectivity index (χ2n) is 23.1. The summed E-state index contributed by atoms with van der Waals surface area (Å²) in [7, 11) is 0. The summed E-state index contributed by atoms with van der Waals surface area (Å²) < 4.78 is -12.3. The van der Waals surface area contributed by atoms with Crippen LogP contribution in [0.25, 0.3) is 0 Å². The summed E-state index contributed by atoms with van der Waals surface area (Å²) in [6.07, 6.45) is 2.70. The average molecular weight is 1280 g/mol. The predicted molar refractivity (Wildman–Crippen MR) is 315 cm³/mol. The van der Waals surface area contributed by atoms with Gasteiger partial charge in [-0.2, -0.15) is 0 Å². The van der Waals surface area contributed by atoms with Crippen molar-refractivity contribution in [1.29, 1.82) is 0 Å². The summed E-state index contributed by atoms with van der Waals surface area (Å²) in [6, 6.07) is 20.4. The van der Waals surface area contributed by atoms with Gasteiger partial charge in [0, 0.05) is 0 Å². The van der Waals surface area contributed by atoms with Crippen molar-refractivity contribution in [3.05, 3.63) is 230 Å². The summed E-state index contributed by atoms with van der Waals surface area (Å²) in [4.78, 5) is 136. The van der Waals surface area contributed by atoms with E-state index in [1.807, 2.05) is 20.8 Å². The number of carbonyl (C=O) groups is 8. The minimum absolute atomic E-state index is 0.0754.